The van der Waals surface area contributed by atoms with E-state index < -0.39 is 29.8 Å². The van der Waals surface area contributed by atoms with Crippen LogP contribution in [0.4, 0.5) is 4.79 Å². The molecule has 0 bridgehead atoms. The Morgan fingerprint density at radius 3 is 2.37 bits per heavy atom. The largest absolute Gasteiger partial charge is 0.467 e. The molecule has 110 valence electrons. The van der Waals surface area contributed by atoms with E-state index >= 15 is 0 Å². The van der Waals surface area contributed by atoms with E-state index in [1.165, 1.54) is 12.0 Å². The van der Waals surface area contributed by atoms with E-state index in [1.807, 2.05) is 0 Å². The number of amides is 1. The molecular formula is C13H23NO5. The van der Waals surface area contributed by atoms with Crippen LogP contribution in [-0.4, -0.2) is 53.5 Å². The van der Waals surface area contributed by atoms with Crippen molar-refractivity contribution in [3.63, 3.8) is 0 Å². The maximum Gasteiger partial charge on any atom is 0.411 e. The standard InChI is InChI=1S/C13H23NO5/c1-8-6-9(15)7-14(10(8)11(16)18-5)12(17)19-13(2,3)4/h8-10,15H,6-7H2,1-5H3/t8-,9+,10+/m1/s1. The Balaban J connectivity index is 2.91. The first-order chi connectivity index (χ1) is 8.65. The molecule has 1 heterocycles. The number of hydrogen-bond acceptors (Lipinski definition) is 5. The zero-order chi connectivity index (χ0) is 14.8. The first-order valence-corrected chi connectivity index (χ1v) is 6.41. The Morgan fingerprint density at radius 1 is 1.32 bits per heavy atom. The third-order valence-electron chi connectivity index (χ3n) is 3.00. The van der Waals surface area contributed by atoms with Gasteiger partial charge in [0.2, 0.25) is 0 Å². The average molecular weight is 273 g/mol. The fourth-order valence-electron chi connectivity index (χ4n) is 2.27. The van der Waals surface area contributed by atoms with E-state index in [4.69, 9.17) is 9.47 Å². The van der Waals surface area contributed by atoms with Crippen LogP contribution in [0.1, 0.15) is 34.1 Å². The molecule has 1 amide bonds. The second-order valence-corrected chi connectivity index (χ2v) is 5.97. The van der Waals surface area contributed by atoms with Crippen molar-refractivity contribution in [1.82, 2.24) is 4.90 Å². The third-order valence-corrected chi connectivity index (χ3v) is 3.00. The molecule has 1 saturated heterocycles. The fraction of sp³-hybridized carbons (Fsp3) is 0.846. The van der Waals surface area contributed by atoms with Gasteiger partial charge in [-0.25, -0.2) is 9.59 Å². The van der Waals surface area contributed by atoms with Crippen molar-refractivity contribution in [2.45, 2.75) is 51.9 Å². The van der Waals surface area contributed by atoms with Gasteiger partial charge in [0.1, 0.15) is 11.6 Å². The molecule has 19 heavy (non-hydrogen) atoms. The number of β-amino-alcohol motifs (C(OH)–C–C–N with tert-alkyl or cyclic N) is 1. The summed E-state index contributed by atoms with van der Waals surface area (Å²) in [5, 5.41) is 9.77. The number of rotatable bonds is 1. The SMILES string of the molecule is COC(=O)[C@@H]1[C@H](C)C[C@H](O)CN1C(=O)OC(C)(C)C. The van der Waals surface area contributed by atoms with E-state index in [2.05, 4.69) is 0 Å². The molecule has 0 aromatic rings. The molecule has 1 aliphatic rings. The van der Waals surface area contributed by atoms with Crippen LogP contribution in [0.3, 0.4) is 0 Å². The number of ether oxygens (including phenoxy) is 2. The van der Waals surface area contributed by atoms with Gasteiger partial charge in [0.15, 0.2) is 0 Å². The Hall–Kier alpha value is -1.30. The minimum absolute atomic E-state index is 0.0824. The molecule has 6 heteroatoms. The Labute approximate surface area is 113 Å². The summed E-state index contributed by atoms with van der Waals surface area (Å²) in [4.78, 5) is 25.2. The normalized spacial score (nSPS) is 27.9. The highest BCUT2D eigenvalue weighted by Gasteiger charge is 2.42. The lowest BCUT2D eigenvalue weighted by molar-refractivity contribution is -0.152. The highest BCUT2D eigenvalue weighted by atomic mass is 16.6. The van der Waals surface area contributed by atoms with Crippen molar-refractivity contribution < 1.29 is 24.2 Å². The molecule has 0 radical (unpaired) electrons. The van der Waals surface area contributed by atoms with E-state index in [1.54, 1.807) is 27.7 Å². The van der Waals surface area contributed by atoms with Crippen molar-refractivity contribution >= 4 is 12.1 Å². The highest BCUT2D eigenvalue weighted by Crippen LogP contribution is 2.26. The molecule has 0 aromatic heterocycles. The Bertz CT molecular complexity index is 349. The van der Waals surface area contributed by atoms with Gasteiger partial charge in [-0.2, -0.15) is 0 Å². The van der Waals surface area contributed by atoms with Crippen molar-refractivity contribution in [3.8, 4) is 0 Å². The second kappa shape index (κ2) is 5.77. The number of aliphatic hydroxyl groups is 1. The summed E-state index contributed by atoms with van der Waals surface area (Å²) in [6, 6.07) is -0.705. The lowest BCUT2D eigenvalue weighted by atomic mass is 9.89. The predicted octanol–water partition coefficient (Wildman–Crippen LogP) is 1.17. The van der Waals surface area contributed by atoms with Crippen LogP contribution < -0.4 is 0 Å². The molecule has 1 fully saturated rings. The van der Waals surface area contributed by atoms with Crippen LogP contribution in [0.15, 0.2) is 0 Å². The van der Waals surface area contributed by atoms with E-state index in [9.17, 15) is 14.7 Å². The minimum Gasteiger partial charge on any atom is -0.467 e. The topological polar surface area (TPSA) is 76.1 Å². The maximum atomic E-state index is 12.1. The number of carbonyl (C=O) groups excluding carboxylic acids is 2. The summed E-state index contributed by atoms with van der Waals surface area (Å²) in [5.74, 6) is -0.658. The molecule has 1 rings (SSSR count). The summed E-state index contributed by atoms with van der Waals surface area (Å²) in [6.45, 7) is 7.14. The predicted molar refractivity (Wildman–Crippen MR) is 68.5 cm³/mol. The van der Waals surface area contributed by atoms with Gasteiger partial charge in [-0.1, -0.05) is 6.92 Å². The van der Waals surface area contributed by atoms with Gasteiger partial charge in [-0.05, 0) is 33.1 Å². The first kappa shape index (κ1) is 15.8. The van der Waals surface area contributed by atoms with Gasteiger partial charge >= 0.3 is 12.1 Å². The number of esters is 1. The fourth-order valence-corrected chi connectivity index (χ4v) is 2.27. The van der Waals surface area contributed by atoms with E-state index in [-0.39, 0.29) is 12.5 Å². The molecule has 6 nitrogen and oxygen atoms in total. The van der Waals surface area contributed by atoms with Crippen molar-refractivity contribution in [2.75, 3.05) is 13.7 Å². The number of aliphatic hydroxyl groups excluding tert-OH is 1. The smallest absolute Gasteiger partial charge is 0.411 e. The molecule has 1 aliphatic heterocycles. The molecule has 1 N–H and O–H groups in total. The van der Waals surface area contributed by atoms with Crippen LogP contribution in [0, 0.1) is 5.92 Å². The minimum atomic E-state index is -0.705. The summed E-state index contributed by atoms with van der Waals surface area (Å²) >= 11 is 0. The molecule has 3 atom stereocenters. The van der Waals surface area contributed by atoms with Crippen molar-refractivity contribution in [2.24, 2.45) is 5.92 Å². The van der Waals surface area contributed by atoms with Crippen LogP contribution in [-0.2, 0) is 14.3 Å². The van der Waals surface area contributed by atoms with Gasteiger partial charge in [-0.3, -0.25) is 4.90 Å². The average Bonchev–Trinajstić information content (AvgIpc) is 2.24. The van der Waals surface area contributed by atoms with Crippen LogP contribution in [0.2, 0.25) is 0 Å². The summed E-state index contributed by atoms with van der Waals surface area (Å²) in [6.07, 6.45) is -0.795. The quantitative estimate of drug-likeness (QED) is 0.726. The number of carbonyl (C=O) groups is 2. The molecule has 0 spiro atoms. The summed E-state index contributed by atoms with van der Waals surface area (Å²) in [7, 11) is 1.29. The zero-order valence-electron chi connectivity index (χ0n) is 12.2. The highest BCUT2D eigenvalue weighted by molar-refractivity contribution is 5.82. The van der Waals surface area contributed by atoms with E-state index in [0.29, 0.717) is 6.42 Å². The first-order valence-electron chi connectivity index (χ1n) is 6.41. The molecular weight excluding hydrogens is 250 g/mol. The monoisotopic (exact) mass is 273 g/mol. The maximum absolute atomic E-state index is 12.1. The lowest BCUT2D eigenvalue weighted by Crippen LogP contribution is -2.57. The number of likely N-dealkylation sites (tertiary alicyclic amines) is 1. The third kappa shape index (κ3) is 4.09. The summed E-state index contributed by atoms with van der Waals surface area (Å²) < 4.78 is 10.0. The second-order valence-electron chi connectivity index (χ2n) is 5.97. The van der Waals surface area contributed by atoms with Crippen LogP contribution >= 0.6 is 0 Å². The number of nitrogens with zero attached hydrogens (tertiary/aromatic N) is 1. The van der Waals surface area contributed by atoms with Gasteiger partial charge < -0.3 is 14.6 Å². The van der Waals surface area contributed by atoms with Crippen LogP contribution in [0.25, 0.3) is 0 Å². The number of piperidine rings is 1. The van der Waals surface area contributed by atoms with Crippen molar-refractivity contribution in [1.29, 1.82) is 0 Å². The van der Waals surface area contributed by atoms with E-state index in [0.717, 1.165) is 0 Å². The van der Waals surface area contributed by atoms with Gasteiger partial charge in [-0.15, -0.1) is 0 Å². The summed E-state index contributed by atoms with van der Waals surface area (Å²) in [5.41, 5.74) is -0.649. The van der Waals surface area contributed by atoms with Crippen LogP contribution in [0.5, 0.6) is 0 Å². The Morgan fingerprint density at radius 2 is 1.89 bits per heavy atom. The van der Waals surface area contributed by atoms with Gasteiger partial charge in [0, 0.05) is 0 Å². The Kier molecular flexibility index (Phi) is 4.79. The lowest BCUT2D eigenvalue weighted by Gasteiger charge is -2.40. The number of hydrogen-bond donors (Lipinski definition) is 1. The molecule has 0 unspecified atom stereocenters. The van der Waals surface area contributed by atoms with Gasteiger partial charge in [0.25, 0.3) is 0 Å². The molecule has 0 aromatic carbocycles. The number of methoxy groups -OCH3 is 1. The molecule has 0 saturated carbocycles. The van der Waals surface area contributed by atoms with Gasteiger partial charge in [0.05, 0.1) is 19.8 Å². The molecule has 0 aliphatic carbocycles. The zero-order valence-corrected chi connectivity index (χ0v) is 12.2. The van der Waals surface area contributed by atoms with Crippen molar-refractivity contribution in [3.05, 3.63) is 0 Å².